The lowest BCUT2D eigenvalue weighted by atomic mass is 11.0. The molecule has 0 aromatic rings. The second kappa shape index (κ2) is 0.919. The summed E-state index contributed by atoms with van der Waals surface area (Å²) in [5, 5.41) is 8.01. The fourth-order valence-corrected chi connectivity index (χ4v) is 0.853. The molecule has 4 nitrogen and oxygen atoms in total. The number of nitrogens with zero attached hydrogens (tertiary/aromatic N) is 3. The number of hydrogen-bond acceptors (Lipinski definition) is 5. The van der Waals surface area contributed by atoms with Gasteiger partial charge in [0.05, 0.1) is 11.9 Å². The molecule has 0 fully saturated rings. The van der Waals surface area contributed by atoms with Gasteiger partial charge in [0.2, 0.25) is 0 Å². The Bertz CT molecular complexity index is 153. The van der Waals surface area contributed by atoms with E-state index in [1.165, 1.54) is 16.5 Å². The van der Waals surface area contributed by atoms with E-state index in [2.05, 4.69) is 10.3 Å². The third-order valence-electron chi connectivity index (χ3n) is 0.632. The van der Waals surface area contributed by atoms with Crippen molar-refractivity contribution in [2.24, 2.45) is 10.3 Å². The molecule has 0 amide bonds. The van der Waals surface area contributed by atoms with E-state index in [1.807, 2.05) is 0 Å². The molecule has 36 valence electrons. The van der Waals surface area contributed by atoms with Gasteiger partial charge in [-0.3, -0.25) is 0 Å². The molecule has 0 unspecified atom stereocenters. The van der Waals surface area contributed by atoms with Crippen LogP contribution in [0.15, 0.2) is 21.6 Å². The molecule has 0 saturated carbocycles. The predicted molar refractivity (Wildman–Crippen MR) is 23.5 cm³/mol. The molecule has 2 aliphatic heterocycles. The zero-order chi connectivity index (χ0) is 4.69. The summed E-state index contributed by atoms with van der Waals surface area (Å²) in [5.41, 5.74) is 0. The van der Waals surface area contributed by atoms with Crippen LogP contribution in [0.5, 0.6) is 0 Å². The lowest BCUT2D eigenvalue weighted by Crippen LogP contribution is -1.95. The molecule has 7 heavy (non-hydrogen) atoms. The van der Waals surface area contributed by atoms with Gasteiger partial charge >= 0.3 is 0 Å². The summed E-state index contributed by atoms with van der Waals surface area (Å²) in [6.45, 7) is 0. The first-order valence-electron chi connectivity index (χ1n) is 1.72. The van der Waals surface area contributed by atoms with Crippen LogP contribution in [-0.4, -0.2) is 4.58 Å². The first-order chi connectivity index (χ1) is 3.45. The summed E-state index contributed by atoms with van der Waals surface area (Å²) in [6.07, 6.45) is 1.55. The average Bonchev–Trinajstić information content (AvgIpc) is 2.22. The Balaban J connectivity index is 2.45. The van der Waals surface area contributed by atoms with Crippen molar-refractivity contribution in [3.63, 3.8) is 0 Å². The summed E-state index contributed by atoms with van der Waals surface area (Å²) < 4.78 is 1.34. The van der Waals surface area contributed by atoms with Crippen LogP contribution in [0.25, 0.3) is 0 Å². The zero-order valence-corrected chi connectivity index (χ0v) is 4.05. The van der Waals surface area contributed by atoms with Crippen molar-refractivity contribution in [1.29, 1.82) is 0 Å². The molecule has 2 aliphatic rings. The Morgan fingerprint density at radius 1 is 1.86 bits per heavy atom. The number of fused-ring (bicyclic) bond motifs is 2. The van der Waals surface area contributed by atoms with Gasteiger partial charge in [0.25, 0.3) is 0 Å². The van der Waals surface area contributed by atoms with Gasteiger partial charge in [-0.15, -0.1) is 5.11 Å². The van der Waals surface area contributed by atoms with Gasteiger partial charge in [0, 0.05) is 0 Å². The van der Waals surface area contributed by atoms with E-state index in [1.54, 1.807) is 6.26 Å². The summed E-state index contributed by atoms with van der Waals surface area (Å²) in [6, 6.07) is 0. The first-order valence-corrected chi connectivity index (χ1v) is 2.49. The molecule has 0 atom stereocenters. The van der Waals surface area contributed by atoms with Gasteiger partial charge < -0.3 is 4.84 Å². The third-order valence-corrected chi connectivity index (χ3v) is 1.31. The highest BCUT2D eigenvalue weighted by molar-refractivity contribution is 8.01. The molecule has 2 rings (SSSR count). The normalized spacial score (nSPS) is 22.9. The molecule has 0 aromatic carbocycles. The van der Waals surface area contributed by atoms with Gasteiger partial charge in [-0.05, 0) is 9.80 Å². The Morgan fingerprint density at radius 3 is 3.00 bits per heavy atom. The Kier molecular flexibility index (Phi) is 0.435. The maximum absolute atomic E-state index is 4.73. The number of hydrogen-bond donors (Lipinski definition) is 0. The molecule has 0 aromatic heterocycles. The third kappa shape index (κ3) is 0.324. The molecule has 0 N–H and O–H groups in total. The summed E-state index contributed by atoms with van der Waals surface area (Å²) in [4.78, 5) is 4.73. The second-order valence-electron chi connectivity index (χ2n) is 1.08. The second-order valence-corrected chi connectivity index (χ2v) is 1.99. The van der Waals surface area contributed by atoms with Crippen molar-refractivity contribution in [1.82, 2.24) is 4.58 Å². The minimum absolute atomic E-state index is 0.819. The fraction of sp³-hybridized carbons (Fsp3) is 0. The zero-order valence-electron chi connectivity index (χ0n) is 3.24. The van der Waals surface area contributed by atoms with Crippen LogP contribution in [0.4, 0.5) is 0 Å². The molecular weight excluding hydrogens is 114 g/mol. The quantitative estimate of drug-likeness (QED) is 0.443. The molecule has 0 radical (unpaired) electrons. The van der Waals surface area contributed by atoms with Crippen molar-refractivity contribution in [3.8, 4) is 0 Å². The van der Waals surface area contributed by atoms with Crippen LogP contribution in [0, 0.1) is 0 Å². The van der Waals surface area contributed by atoms with Crippen LogP contribution in [-0.2, 0) is 4.84 Å². The molecule has 2 bridgehead atoms. The minimum Gasteiger partial charge on any atom is -0.355 e. The van der Waals surface area contributed by atoms with E-state index in [0.717, 1.165) is 5.03 Å². The SMILES string of the molecule is C1=C2N=NN(O1)S2. The van der Waals surface area contributed by atoms with E-state index in [4.69, 9.17) is 4.84 Å². The van der Waals surface area contributed by atoms with E-state index in [0.29, 0.717) is 0 Å². The highest BCUT2D eigenvalue weighted by Crippen LogP contribution is 2.35. The van der Waals surface area contributed by atoms with Crippen molar-refractivity contribution in [3.05, 3.63) is 11.3 Å². The summed E-state index contributed by atoms with van der Waals surface area (Å²) >= 11 is 1.37. The summed E-state index contributed by atoms with van der Waals surface area (Å²) in [5.74, 6) is 0. The number of rotatable bonds is 0. The standard InChI is InChI=1S/C2HN3OS/c1-2-3-4-5(6-1)7-2/h1H. The Hall–Kier alpha value is -0.710. The van der Waals surface area contributed by atoms with Gasteiger partial charge in [0.15, 0.2) is 11.3 Å². The minimum atomic E-state index is 0.819. The average molecular weight is 115 g/mol. The monoisotopic (exact) mass is 115 g/mol. The van der Waals surface area contributed by atoms with E-state index >= 15 is 0 Å². The molecular formula is C2HN3OS. The van der Waals surface area contributed by atoms with Crippen molar-refractivity contribution in [2.75, 3.05) is 0 Å². The van der Waals surface area contributed by atoms with Crippen LogP contribution in [0.3, 0.4) is 0 Å². The van der Waals surface area contributed by atoms with Crippen LogP contribution in [0.1, 0.15) is 0 Å². The van der Waals surface area contributed by atoms with Gasteiger partial charge in [-0.1, -0.05) is 0 Å². The molecule has 2 heterocycles. The van der Waals surface area contributed by atoms with Gasteiger partial charge in [-0.2, -0.15) is 0 Å². The van der Waals surface area contributed by atoms with Crippen molar-refractivity contribution < 1.29 is 4.84 Å². The van der Waals surface area contributed by atoms with Gasteiger partial charge in [-0.25, -0.2) is 0 Å². The highest BCUT2D eigenvalue weighted by Gasteiger charge is 2.21. The Morgan fingerprint density at radius 2 is 2.86 bits per heavy atom. The summed E-state index contributed by atoms with van der Waals surface area (Å²) in [7, 11) is 0. The lowest BCUT2D eigenvalue weighted by Gasteiger charge is -1.98. The lowest BCUT2D eigenvalue weighted by molar-refractivity contribution is -0.00437. The van der Waals surface area contributed by atoms with E-state index < -0.39 is 0 Å². The maximum atomic E-state index is 4.73. The fourth-order valence-electron chi connectivity index (χ4n) is 0.375. The molecule has 0 saturated heterocycles. The highest BCUT2D eigenvalue weighted by atomic mass is 32.2. The molecule has 5 heteroatoms. The van der Waals surface area contributed by atoms with Crippen molar-refractivity contribution in [2.45, 2.75) is 0 Å². The van der Waals surface area contributed by atoms with Crippen LogP contribution >= 0.6 is 11.9 Å². The smallest absolute Gasteiger partial charge is 0.184 e. The molecule has 0 aliphatic carbocycles. The van der Waals surface area contributed by atoms with Crippen molar-refractivity contribution >= 4 is 11.9 Å². The first kappa shape index (κ1) is 3.31. The predicted octanol–water partition coefficient (Wildman–Crippen LogP) is 1.06. The van der Waals surface area contributed by atoms with Crippen LogP contribution < -0.4 is 0 Å². The topological polar surface area (TPSA) is 37.2 Å². The maximum Gasteiger partial charge on any atom is 0.184 e. The Labute approximate surface area is 43.9 Å². The molecule has 0 spiro atoms. The van der Waals surface area contributed by atoms with Gasteiger partial charge in [0.1, 0.15) is 0 Å². The largest absolute Gasteiger partial charge is 0.355 e. The van der Waals surface area contributed by atoms with E-state index in [-0.39, 0.29) is 0 Å². The van der Waals surface area contributed by atoms with E-state index in [9.17, 15) is 0 Å². The van der Waals surface area contributed by atoms with Crippen LogP contribution in [0.2, 0.25) is 0 Å².